The second-order valence-electron chi connectivity index (χ2n) is 15.9. The highest BCUT2D eigenvalue weighted by atomic mass is 35.5. The van der Waals surface area contributed by atoms with Gasteiger partial charge in [-0.3, -0.25) is 9.20 Å². The fourth-order valence-electron chi connectivity index (χ4n) is 7.82. The number of carbonyl (C=O) groups is 1. The minimum absolute atomic E-state index is 0.200. The Balaban J connectivity index is 0.000000192. The van der Waals surface area contributed by atoms with Gasteiger partial charge in [-0.1, -0.05) is 42.8 Å². The zero-order valence-electron chi connectivity index (χ0n) is 36.7. The zero-order chi connectivity index (χ0) is 48.0. The average molecular weight is 966 g/mol. The van der Waals surface area contributed by atoms with Crippen molar-refractivity contribution >= 4 is 61.1 Å². The number of imidazole rings is 1. The second-order valence-corrected chi connectivity index (χ2v) is 18.4. The Labute approximate surface area is 394 Å². The summed E-state index contributed by atoms with van der Waals surface area (Å²) in [6.45, 7) is 4.04. The molecule has 3 aromatic heterocycles. The third-order valence-corrected chi connectivity index (χ3v) is 12.6. The molecule has 0 saturated carbocycles. The summed E-state index contributed by atoms with van der Waals surface area (Å²) in [5, 5.41) is 7.43. The van der Waals surface area contributed by atoms with Gasteiger partial charge >= 0.3 is 6.36 Å². The summed E-state index contributed by atoms with van der Waals surface area (Å²) in [5.41, 5.74) is 6.29. The first kappa shape index (κ1) is 47.3. The molecule has 1 fully saturated rings. The highest BCUT2D eigenvalue weighted by molar-refractivity contribution is 7.90. The molecular weight excluding hydrogens is 922 g/mol. The van der Waals surface area contributed by atoms with Crippen molar-refractivity contribution < 1.29 is 40.2 Å². The number of hydrogen-bond acceptors (Lipinski definition) is 10. The molecule has 9 rings (SSSR count). The molecule has 0 unspecified atom stereocenters. The number of carbonyl (C=O) groups excluding carboxylic acids is 1. The van der Waals surface area contributed by atoms with Crippen LogP contribution in [0.4, 0.5) is 34.8 Å². The number of anilines is 3. The number of piperidine rings is 1. The molecule has 5 aromatic carbocycles. The number of hydrogen-bond donors (Lipinski definition) is 2. The number of ether oxygens (including phenoxy) is 2. The Bertz CT molecular complexity index is 3150. The Morgan fingerprint density at radius 2 is 1.50 bits per heavy atom. The zero-order valence-corrected chi connectivity index (χ0v) is 38.2. The van der Waals surface area contributed by atoms with E-state index in [4.69, 9.17) is 16.3 Å². The van der Waals surface area contributed by atoms with Gasteiger partial charge in [0.15, 0.2) is 9.84 Å². The molecule has 0 spiro atoms. The van der Waals surface area contributed by atoms with E-state index in [1.165, 1.54) is 42.7 Å². The predicted octanol–water partition coefficient (Wildman–Crippen LogP) is 11.5. The maximum absolute atomic E-state index is 13.4. The van der Waals surface area contributed by atoms with E-state index in [0.717, 1.165) is 60.4 Å². The number of alkyl halides is 3. The number of nitrogens with one attached hydrogen (secondary N) is 2. The minimum atomic E-state index is -4.68. The van der Waals surface area contributed by atoms with Crippen molar-refractivity contribution in [2.24, 2.45) is 0 Å². The average Bonchev–Trinajstić information content (AvgIpc) is 3.69. The lowest BCUT2D eigenvalue weighted by Crippen LogP contribution is -2.32. The van der Waals surface area contributed by atoms with Gasteiger partial charge in [0.25, 0.3) is 5.91 Å². The standard InChI is InChI=1S/C29H28ClF3N4O2.C21H16FN3O3S/c1-2-25-27(37-18-22(30)7-12-26(37)35-25)28(38)34-17-19-3-8-23(9-4-19)36-15-13-21(14-16-36)20-5-10-24(11-6-20)39-29(31,32)33;1-29(26,27)18-9-7-17(8-10-18)28-16-5-3-15(4-6-16)25-21-19-11-2-14(22)12-20(19)23-13-24-21/h3-12,18,21H,2,13-17H2,1H3,(H,34,38);2-13H,1H3,(H,23,24,25). The van der Waals surface area contributed by atoms with Crippen LogP contribution in [0.5, 0.6) is 17.2 Å². The summed E-state index contributed by atoms with van der Waals surface area (Å²) >= 11 is 6.14. The fourth-order valence-corrected chi connectivity index (χ4v) is 8.61. The van der Waals surface area contributed by atoms with Crippen molar-refractivity contribution in [3.63, 3.8) is 0 Å². The molecule has 4 heterocycles. The van der Waals surface area contributed by atoms with Gasteiger partial charge in [-0.15, -0.1) is 13.2 Å². The molecule has 8 aromatic rings. The van der Waals surface area contributed by atoms with E-state index in [2.05, 4.69) is 47.4 Å². The maximum Gasteiger partial charge on any atom is 0.573 e. The highest BCUT2D eigenvalue weighted by Crippen LogP contribution is 2.33. The summed E-state index contributed by atoms with van der Waals surface area (Å²) in [6.07, 6.45) is 1.99. The summed E-state index contributed by atoms with van der Waals surface area (Å²) in [4.78, 5) is 28.4. The van der Waals surface area contributed by atoms with E-state index >= 15 is 0 Å². The van der Waals surface area contributed by atoms with Crippen LogP contribution in [0.15, 0.2) is 145 Å². The van der Waals surface area contributed by atoms with E-state index in [-0.39, 0.29) is 28.3 Å². The molecule has 68 heavy (non-hydrogen) atoms. The number of rotatable bonds is 12. The molecule has 1 aliphatic rings. The summed E-state index contributed by atoms with van der Waals surface area (Å²) in [5.74, 6) is 1.23. The van der Waals surface area contributed by atoms with Crippen LogP contribution in [0.1, 0.15) is 53.0 Å². The van der Waals surface area contributed by atoms with Crippen LogP contribution in [-0.4, -0.2) is 59.4 Å². The monoisotopic (exact) mass is 965 g/mol. The Kier molecular flexibility index (Phi) is 14.1. The molecule has 1 amide bonds. The quantitative estimate of drug-likeness (QED) is 0.114. The second kappa shape index (κ2) is 20.3. The van der Waals surface area contributed by atoms with Gasteiger partial charge in [0.05, 0.1) is 21.1 Å². The van der Waals surface area contributed by atoms with Crippen molar-refractivity contribution in [1.29, 1.82) is 0 Å². The number of sulfone groups is 1. The van der Waals surface area contributed by atoms with Crippen LogP contribution in [-0.2, 0) is 22.8 Å². The Morgan fingerprint density at radius 3 is 2.15 bits per heavy atom. The molecule has 1 saturated heterocycles. The van der Waals surface area contributed by atoms with Crippen LogP contribution in [0.3, 0.4) is 0 Å². The summed E-state index contributed by atoms with van der Waals surface area (Å²) in [7, 11) is -3.24. The van der Waals surface area contributed by atoms with E-state index in [1.54, 1.807) is 65.2 Å². The number of aromatic nitrogens is 4. The Morgan fingerprint density at radius 1 is 0.838 bits per heavy atom. The number of benzene rings is 5. The third-order valence-electron chi connectivity index (χ3n) is 11.2. The molecule has 0 aliphatic carbocycles. The normalized spacial score (nSPS) is 13.2. The number of amides is 1. The first-order valence-electron chi connectivity index (χ1n) is 21.5. The lowest BCUT2D eigenvalue weighted by molar-refractivity contribution is -0.274. The van der Waals surface area contributed by atoms with Crippen LogP contribution >= 0.6 is 11.6 Å². The van der Waals surface area contributed by atoms with E-state index < -0.39 is 16.2 Å². The molecule has 1 aliphatic heterocycles. The van der Waals surface area contributed by atoms with Crippen molar-refractivity contribution in [3.05, 3.63) is 173 Å². The highest BCUT2D eigenvalue weighted by Gasteiger charge is 2.31. The van der Waals surface area contributed by atoms with Gasteiger partial charge in [0.1, 0.15) is 46.6 Å². The van der Waals surface area contributed by atoms with Gasteiger partial charge < -0.3 is 25.0 Å². The van der Waals surface area contributed by atoms with Gasteiger partial charge in [-0.2, -0.15) is 0 Å². The number of pyridine rings is 1. The van der Waals surface area contributed by atoms with E-state index in [9.17, 15) is 30.8 Å². The summed E-state index contributed by atoms with van der Waals surface area (Å²) < 4.78 is 85.0. The van der Waals surface area contributed by atoms with Crippen LogP contribution < -0.4 is 25.0 Å². The minimum Gasteiger partial charge on any atom is -0.457 e. The largest absolute Gasteiger partial charge is 0.573 e. The van der Waals surface area contributed by atoms with Crippen molar-refractivity contribution in [1.82, 2.24) is 24.7 Å². The first-order valence-corrected chi connectivity index (χ1v) is 23.7. The van der Waals surface area contributed by atoms with Crippen molar-refractivity contribution in [2.45, 2.75) is 49.9 Å². The lowest BCUT2D eigenvalue weighted by Gasteiger charge is -2.34. The molecule has 0 atom stereocenters. The fraction of sp³-hybridized carbons (Fsp3) is 0.200. The Hall–Kier alpha value is -7.24. The van der Waals surface area contributed by atoms with Crippen molar-refractivity contribution in [2.75, 3.05) is 29.6 Å². The number of halogens is 5. The smallest absolute Gasteiger partial charge is 0.457 e. The molecule has 2 N–H and O–H groups in total. The van der Waals surface area contributed by atoms with Crippen molar-refractivity contribution in [3.8, 4) is 17.2 Å². The third kappa shape index (κ3) is 11.8. The van der Waals surface area contributed by atoms with Gasteiger partial charge in [0.2, 0.25) is 0 Å². The number of aryl methyl sites for hydroxylation is 1. The number of fused-ring (bicyclic) bond motifs is 2. The van der Waals surface area contributed by atoms with Crippen LogP contribution in [0.25, 0.3) is 16.6 Å². The molecule has 350 valence electrons. The van der Waals surface area contributed by atoms with Crippen LogP contribution in [0, 0.1) is 5.82 Å². The van der Waals surface area contributed by atoms with E-state index in [0.29, 0.717) is 57.5 Å². The summed E-state index contributed by atoms with van der Waals surface area (Å²) in [6, 6.07) is 35.6. The molecule has 18 heteroatoms. The van der Waals surface area contributed by atoms with Gasteiger partial charge in [-0.05, 0) is 133 Å². The molecular formula is C50H44ClF4N7O5S. The maximum atomic E-state index is 13.4. The van der Waals surface area contributed by atoms with Crippen LogP contribution in [0.2, 0.25) is 5.02 Å². The van der Waals surface area contributed by atoms with E-state index in [1.807, 2.05) is 31.2 Å². The SMILES string of the molecule is CCc1nc2ccc(Cl)cn2c1C(=O)NCc1ccc(N2CCC(c3ccc(OC(F)(F)F)cc3)CC2)cc1.CS(=O)(=O)c1ccc(Oc2ccc(Nc3ncnc4cc(F)ccc34)cc2)cc1. The molecule has 0 bridgehead atoms. The van der Waals surface area contributed by atoms with Gasteiger partial charge in [-0.25, -0.2) is 27.8 Å². The number of nitrogens with zero attached hydrogens (tertiary/aromatic N) is 5. The van der Waals surface area contributed by atoms with Gasteiger partial charge in [0, 0.05) is 54.9 Å². The lowest BCUT2D eigenvalue weighted by atomic mass is 9.89. The molecule has 12 nitrogen and oxygen atoms in total. The topological polar surface area (TPSA) is 140 Å². The predicted molar refractivity (Wildman–Crippen MR) is 253 cm³/mol. The molecule has 0 radical (unpaired) electrons. The first-order chi connectivity index (χ1) is 32.6.